The summed E-state index contributed by atoms with van der Waals surface area (Å²) in [6.45, 7) is 1.10. The van der Waals surface area contributed by atoms with Crippen LogP contribution in [-0.4, -0.2) is 46.6 Å². The van der Waals surface area contributed by atoms with Crippen LogP contribution < -0.4 is 5.32 Å². The SMILES string of the molecule is CNC(=O)[C@@H]1CCN(C(=O)c2ccn(C)n2)C1. The van der Waals surface area contributed by atoms with Crippen LogP contribution in [0.5, 0.6) is 0 Å². The molecule has 2 amide bonds. The van der Waals surface area contributed by atoms with Crippen molar-refractivity contribution in [2.45, 2.75) is 6.42 Å². The molecule has 2 rings (SSSR count). The van der Waals surface area contributed by atoms with Crippen LogP contribution in [0.15, 0.2) is 12.3 Å². The molecule has 1 aliphatic rings. The molecular weight excluding hydrogens is 220 g/mol. The average molecular weight is 236 g/mol. The minimum Gasteiger partial charge on any atom is -0.359 e. The van der Waals surface area contributed by atoms with Crippen LogP contribution in [0.3, 0.4) is 0 Å². The predicted octanol–water partition coefficient (Wildman–Crippen LogP) is -0.372. The Balaban J connectivity index is 2.01. The van der Waals surface area contributed by atoms with Gasteiger partial charge in [0.25, 0.3) is 5.91 Å². The number of aromatic nitrogens is 2. The number of nitrogens with one attached hydrogen (secondary N) is 1. The van der Waals surface area contributed by atoms with Crippen LogP contribution in [0.25, 0.3) is 0 Å². The zero-order valence-electron chi connectivity index (χ0n) is 10.0. The Bertz CT molecular complexity index is 440. The van der Waals surface area contributed by atoms with E-state index in [0.29, 0.717) is 18.8 Å². The van der Waals surface area contributed by atoms with Crippen LogP contribution in [-0.2, 0) is 11.8 Å². The second kappa shape index (κ2) is 4.57. The Labute approximate surface area is 99.6 Å². The largest absolute Gasteiger partial charge is 0.359 e. The summed E-state index contributed by atoms with van der Waals surface area (Å²) in [6.07, 6.45) is 2.46. The highest BCUT2D eigenvalue weighted by molar-refractivity contribution is 5.93. The molecule has 1 aromatic heterocycles. The molecule has 1 saturated heterocycles. The van der Waals surface area contributed by atoms with Crippen molar-refractivity contribution in [1.82, 2.24) is 20.0 Å². The summed E-state index contributed by atoms with van der Waals surface area (Å²) in [7, 11) is 3.39. The smallest absolute Gasteiger partial charge is 0.274 e. The maximum absolute atomic E-state index is 12.0. The average Bonchev–Trinajstić information content (AvgIpc) is 2.95. The van der Waals surface area contributed by atoms with E-state index in [0.717, 1.165) is 6.42 Å². The summed E-state index contributed by atoms with van der Waals surface area (Å²) >= 11 is 0. The molecule has 1 aliphatic heterocycles. The van der Waals surface area contributed by atoms with Crippen LogP contribution in [0.1, 0.15) is 16.9 Å². The number of amides is 2. The summed E-state index contributed by atoms with van der Waals surface area (Å²) in [5, 5.41) is 6.68. The number of carbonyl (C=O) groups is 2. The fourth-order valence-corrected chi connectivity index (χ4v) is 2.05. The van der Waals surface area contributed by atoms with E-state index in [1.54, 1.807) is 35.9 Å². The number of nitrogens with zero attached hydrogens (tertiary/aromatic N) is 3. The fourth-order valence-electron chi connectivity index (χ4n) is 2.05. The van der Waals surface area contributed by atoms with Gasteiger partial charge in [0.1, 0.15) is 5.69 Å². The van der Waals surface area contributed by atoms with E-state index < -0.39 is 0 Å². The highest BCUT2D eigenvalue weighted by Gasteiger charge is 2.31. The lowest BCUT2D eigenvalue weighted by Gasteiger charge is -2.14. The van der Waals surface area contributed by atoms with Gasteiger partial charge in [0.2, 0.25) is 5.91 Å². The predicted molar refractivity (Wildman–Crippen MR) is 61.3 cm³/mol. The number of carbonyl (C=O) groups excluding carboxylic acids is 2. The van der Waals surface area contributed by atoms with Crippen molar-refractivity contribution in [2.24, 2.45) is 13.0 Å². The van der Waals surface area contributed by atoms with Crippen molar-refractivity contribution < 1.29 is 9.59 Å². The summed E-state index contributed by atoms with van der Waals surface area (Å²) in [4.78, 5) is 25.2. The molecule has 1 atom stereocenters. The quantitative estimate of drug-likeness (QED) is 0.761. The van der Waals surface area contributed by atoms with E-state index >= 15 is 0 Å². The molecule has 0 unspecified atom stereocenters. The van der Waals surface area contributed by atoms with Gasteiger partial charge in [-0.3, -0.25) is 14.3 Å². The Kier molecular flexibility index (Phi) is 3.12. The van der Waals surface area contributed by atoms with Crippen LogP contribution in [0.2, 0.25) is 0 Å². The molecule has 0 saturated carbocycles. The van der Waals surface area contributed by atoms with E-state index in [-0.39, 0.29) is 17.7 Å². The summed E-state index contributed by atoms with van der Waals surface area (Å²) in [5.74, 6) is -0.189. The number of aryl methyl sites for hydroxylation is 1. The molecule has 17 heavy (non-hydrogen) atoms. The highest BCUT2D eigenvalue weighted by Crippen LogP contribution is 2.18. The van der Waals surface area contributed by atoms with Gasteiger partial charge < -0.3 is 10.2 Å². The molecule has 0 aromatic carbocycles. The Hall–Kier alpha value is -1.85. The number of likely N-dealkylation sites (tertiary alicyclic amines) is 1. The molecule has 2 heterocycles. The van der Waals surface area contributed by atoms with Crippen molar-refractivity contribution in [2.75, 3.05) is 20.1 Å². The Morgan fingerprint density at radius 2 is 2.29 bits per heavy atom. The molecule has 1 N–H and O–H groups in total. The van der Waals surface area contributed by atoms with Gasteiger partial charge in [-0.25, -0.2) is 0 Å². The minimum absolute atomic E-state index is 0.00122. The van der Waals surface area contributed by atoms with Crippen LogP contribution in [0, 0.1) is 5.92 Å². The van der Waals surface area contributed by atoms with Crippen LogP contribution >= 0.6 is 0 Å². The summed E-state index contributed by atoms with van der Waals surface area (Å²) in [6, 6.07) is 1.69. The first-order chi connectivity index (χ1) is 8.11. The Morgan fingerprint density at radius 1 is 1.53 bits per heavy atom. The van der Waals surface area contributed by atoms with Gasteiger partial charge in [-0.2, -0.15) is 5.10 Å². The second-order valence-electron chi connectivity index (χ2n) is 4.23. The summed E-state index contributed by atoms with van der Waals surface area (Å²) < 4.78 is 1.60. The first-order valence-corrected chi connectivity index (χ1v) is 5.62. The van der Waals surface area contributed by atoms with E-state index in [4.69, 9.17) is 0 Å². The van der Waals surface area contributed by atoms with Gasteiger partial charge in [-0.15, -0.1) is 0 Å². The zero-order chi connectivity index (χ0) is 12.4. The van der Waals surface area contributed by atoms with Gasteiger partial charge in [0, 0.05) is 33.4 Å². The topological polar surface area (TPSA) is 67.2 Å². The van der Waals surface area contributed by atoms with Crippen molar-refractivity contribution in [3.63, 3.8) is 0 Å². The first-order valence-electron chi connectivity index (χ1n) is 5.62. The highest BCUT2D eigenvalue weighted by atomic mass is 16.2. The standard InChI is InChI=1S/C11H16N4O2/c1-12-10(16)8-3-6-15(7-8)11(17)9-4-5-14(2)13-9/h4-5,8H,3,6-7H2,1-2H3,(H,12,16)/t8-/m1/s1. The van der Waals surface area contributed by atoms with Gasteiger partial charge >= 0.3 is 0 Å². The molecule has 6 heteroatoms. The molecular formula is C11H16N4O2. The van der Waals surface area contributed by atoms with Crippen LogP contribution in [0.4, 0.5) is 0 Å². The minimum atomic E-state index is -0.1000. The maximum atomic E-state index is 12.0. The van der Waals surface area contributed by atoms with E-state index in [9.17, 15) is 9.59 Å². The monoisotopic (exact) mass is 236 g/mol. The summed E-state index contributed by atoms with van der Waals surface area (Å²) in [5.41, 5.74) is 0.435. The van der Waals surface area contributed by atoms with E-state index in [1.807, 2.05) is 0 Å². The van der Waals surface area contributed by atoms with Crippen molar-refractivity contribution in [3.05, 3.63) is 18.0 Å². The zero-order valence-corrected chi connectivity index (χ0v) is 10.0. The number of hydrogen-bond donors (Lipinski definition) is 1. The molecule has 0 aliphatic carbocycles. The molecule has 0 radical (unpaired) electrons. The van der Waals surface area contributed by atoms with Crippen molar-refractivity contribution in [3.8, 4) is 0 Å². The molecule has 92 valence electrons. The number of rotatable bonds is 2. The van der Waals surface area contributed by atoms with Crippen molar-refractivity contribution >= 4 is 11.8 Å². The van der Waals surface area contributed by atoms with Gasteiger partial charge in [0.15, 0.2) is 0 Å². The van der Waals surface area contributed by atoms with E-state index in [1.165, 1.54) is 0 Å². The fraction of sp³-hybridized carbons (Fsp3) is 0.545. The number of hydrogen-bond acceptors (Lipinski definition) is 3. The molecule has 6 nitrogen and oxygen atoms in total. The molecule has 0 bridgehead atoms. The third-order valence-corrected chi connectivity index (χ3v) is 3.03. The van der Waals surface area contributed by atoms with E-state index in [2.05, 4.69) is 10.4 Å². The maximum Gasteiger partial charge on any atom is 0.274 e. The Morgan fingerprint density at radius 3 is 2.88 bits per heavy atom. The second-order valence-corrected chi connectivity index (χ2v) is 4.23. The lowest BCUT2D eigenvalue weighted by atomic mass is 10.1. The van der Waals surface area contributed by atoms with Crippen molar-refractivity contribution in [1.29, 1.82) is 0 Å². The van der Waals surface area contributed by atoms with Gasteiger partial charge in [0.05, 0.1) is 5.92 Å². The molecule has 0 spiro atoms. The molecule has 1 aromatic rings. The lowest BCUT2D eigenvalue weighted by Crippen LogP contribution is -2.33. The third kappa shape index (κ3) is 2.30. The van der Waals surface area contributed by atoms with Gasteiger partial charge in [-0.1, -0.05) is 0 Å². The lowest BCUT2D eigenvalue weighted by molar-refractivity contribution is -0.124. The van der Waals surface area contributed by atoms with Gasteiger partial charge in [-0.05, 0) is 12.5 Å². The third-order valence-electron chi connectivity index (χ3n) is 3.03. The first kappa shape index (κ1) is 11.6. The normalized spacial score (nSPS) is 19.4. The molecule has 1 fully saturated rings.